The van der Waals surface area contributed by atoms with E-state index in [2.05, 4.69) is 15.4 Å². The number of carbonyl (C=O) groups excluding carboxylic acids is 2. The predicted molar refractivity (Wildman–Crippen MR) is 125 cm³/mol. The largest absolute Gasteiger partial charge is 0.495 e. The van der Waals surface area contributed by atoms with Gasteiger partial charge in [0.1, 0.15) is 10.6 Å². The van der Waals surface area contributed by atoms with Gasteiger partial charge in [-0.3, -0.25) is 9.59 Å². The topological polar surface area (TPSA) is 114 Å². The molecule has 2 aromatic carbocycles. The van der Waals surface area contributed by atoms with Gasteiger partial charge in [0.05, 0.1) is 7.11 Å². The molecule has 0 saturated heterocycles. The van der Waals surface area contributed by atoms with Crippen LogP contribution in [0.5, 0.6) is 5.75 Å². The Morgan fingerprint density at radius 3 is 2.12 bits per heavy atom. The summed E-state index contributed by atoms with van der Waals surface area (Å²) in [6.45, 7) is 9.27. The van der Waals surface area contributed by atoms with E-state index >= 15 is 0 Å². The number of rotatable bonds is 8. The highest BCUT2D eigenvalue weighted by molar-refractivity contribution is 7.89. The lowest BCUT2D eigenvalue weighted by Crippen LogP contribution is -2.34. The first kappa shape index (κ1) is 25.4. The van der Waals surface area contributed by atoms with Crippen molar-refractivity contribution in [2.45, 2.75) is 39.5 Å². The van der Waals surface area contributed by atoms with Crippen LogP contribution in [-0.2, 0) is 14.8 Å². The quantitative estimate of drug-likeness (QED) is 0.523. The van der Waals surface area contributed by atoms with Gasteiger partial charge in [-0.15, -0.1) is 0 Å². The van der Waals surface area contributed by atoms with Crippen molar-refractivity contribution < 1.29 is 22.7 Å². The van der Waals surface area contributed by atoms with Crippen LogP contribution in [0, 0.1) is 19.3 Å². The fourth-order valence-corrected chi connectivity index (χ4v) is 3.96. The van der Waals surface area contributed by atoms with Crippen LogP contribution >= 0.6 is 0 Å². The molecule has 0 aliphatic heterocycles. The van der Waals surface area contributed by atoms with Crippen molar-refractivity contribution in [3.63, 3.8) is 0 Å². The fourth-order valence-electron chi connectivity index (χ4n) is 2.70. The Kier molecular flexibility index (Phi) is 8.03. The maximum atomic E-state index is 12.6. The monoisotopic (exact) mass is 461 g/mol. The van der Waals surface area contributed by atoms with Crippen molar-refractivity contribution in [2.75, 3.05) is 25.5 Å². The van der Waals surface area contributed by atoms with Crippen molar-refractivity contribution in [3.8, 4) is 5.75 Å². The Hall–Kier alpha value is -2.91. The van der Waals surface area contributed by atoms with E-state index in [0.29, 0.717) is 11.3 Å². The minimum absolute atomic E-state index is 0.0177. The molecular formula is C23H31N3O5S. The average molecular weight is 462 g/mol. The average Bonchev–Trinajstić information content (AvgIpc) is 2.72. The van der Waals surface area contributed by atoms with Crippen molar-refractivity contribution in [3.05, 3.63) is 53.1 Å². The summed E-state index contributed by atoms with van der Waals surface area (Å²) in [5.41, 5.74) is 2.23. The zero-order chi connectivity index (χ0) is 24.1. The molecule has 0 heterocycles. The van der Waals surface area contributed by atoms with Crippen LogP contribution in [0.15, 0.2) is 41.3 Å². The molecule has 0 aliphatic rings. The number of hydrogen-bond donors (Lipinski definition) is 3. The lowest BCUT2D eigenvalue weighted by molar-refractivity contribution is -0.123. The second kappa shape index (κ2) is 10.1. The summed E-state index contributed by atoms with van der Waals surface area (Å²) in [4.78, 5) is 24.4. The number of nitrogens with one attached hydrogen (secondary N) is 3. The molecule has 8 nitrogen and oxygen atoms in total. The smallest absolute Gasteiger partial charge is 0.251 e. The van der Waals surface area contributed by atoms with E-state index in [0.717, 1.165) is 11.1 Å². The number of sulfonamides is 1. The number of amides is 2. The van der Waals surface area contributed by atoms with Gasteiger partial charge in [0.2, 0.25) is 15.9 Å². The molecule has 0 atom stereocenters. The summed E-state index contributed by atoms with van der Waals surface area (Å²) in [6, 6.07) is 9.73. The number of benzene rings is 2. The van der Waals surface area contributed by atoms with Crippen LogP contribution in [0.3, 0.4) is 0 Å². The molecule has 9 heteroatoms. The molecule has 32 heavy (non-hydrogen) atoms. The standard InChI is InChI=1S/C23H31N3O5S/c1-15-13-19(31-6)20(14-16(15)2)32(29,30)25-12-11-24-21(27)17-7-9-18(10-8-17)26-22(28)23(3,4)5/h7-10,13-14,25H,11-12H2,1-6H3,(H,24,27)(H,26,28). The van der Waals surface area contributed by atoms with Crippen LogP contribution in [0.1, 0.15) is 42.3 Å². The predicted octanol–water partition coefficient (Wildman–Crippen LogP) is 3.00. The zero-order valence-electron chi connectivity index (χ0n) is 19.3. The maximum Gasteiger partial charge on any atom is 0.251 e. The molecule has 2 rings (SSSR count). The summed E-state index contributed by atoms with van der Waals surface area (Å²) in [6.07, 6.45) is 0. The minimum atomic E-state index is -3.80. The summed E-state index contributed by atoms with van der Waals surface area (Å²) in [7, 11) is -2.38. The van der Waals surface area contributed by atoms with E-state index in [9.17, 15) is 18.0 Å². The van der Waals surface area contributed by atoms with Crippen LogP contribution < -0.4 is 20.1 Å². The normalized spacial score (nSPS) is 11.7. The first-order valence-corrected chi connectivity index (χ1v) is 11.7. The summed E-state index contributed by atoms with van der Waals surface area (Å²) < 4.78 is 33.0. The Morgan fingerprint density at radius 2 is 1.56 bits per heavy atom. The summed E-state index contributed by atoms with van der Waals surface area (Å²) in [5, 5.41) is 5.46. The molecule has 0 radical (unpaired) electrons. The van der Waals surface area contributed by atoms with Crippen molar-refractivity contribution >= 4 is 27.5 Å². The highest BCUT2D eigenvalue weighted by Crippen LogP contribution is 2.27. The molecule has 174 valence electrons. The molecule has 0 aliphatic carbocycles. The van der Waals surface area contributed by atoms with Crippen molar-refractivity contribution in [1.29, 1.82) is 0 Å². The van der Waals surface area contributed by atoms with Gasteiger partial charge in [-0.1, -0.05) is 20.8 Å². The molecule has 2 aromatic rings. The molecule has 0 aromatic heterocycles. The fraction of sp³-hybridized carbons (Fsp3) is 0.391. The molecule has 2 amide bonds. The molecular weight excluding hydrogens is 430 g/mol. The van der Waals surface area contributed by atoms with Crippen LogP contribution in [0.2, 0.25) is 0 Å². The molecule has 0 spiro atoms. The third kappa shape index (κ3) is 6.54. The minimum Gasteiger partial charge on any atom is -0.495 e. The number of carbonyl (C=O) groups is 2. The van der Waals surface area contributed by atoms with Gasteiger partial charge in [-0.05, 0) is 61.4 Å². The van der Waals surface area contributed by atoms with Gasteiger partial charge in [0.15, 0.2) is 0 Å². The van der Waals surface area contributed by atoms with Crippen LogP contribution in [0.25, 0.3) is 0 Å². The van der Waals surface area contributed by atoms with Gasteiger partial charge >= 0.3 is 0 Å². The summed E-state index contributed by atoms with van der Waals surface area (Å²) in [5.74, 6) is -0.202. The maximum absolute atomic E-state index is 12.6. The van der Waals surface area contributed by atoms with Crippen LogP contribution in [-0.4, -0.2) is 40.4 Å². The lowest BCUT2D eigenvalue weighted by Gasteiger charge is -2.17. The van der Waals surface area contributed by atoms with E-state index in [1.165, 1.54) is 7.11 Å². The Bertz CT molecular complexity index is 1090. The number of anilines is 1. The molecule has 3 N–H and O–H groups in total. The second-order valence-electron chi connectivity index (χ2n) is 8.52. The van der Waals surface area contributed by atoms with E-state index in [1.807, 2.05) is 34.6 Å². The van der Waals surface area contributed by atoms with Gasteiger partial charge in [-0.2, -0.15) is 0 Å². The molecule has 0 saturated carbocycles. The molecule has 0 unspecified atom stereocenters. The Labute approximate surface area is 189 Å². The van der Waals surface area contributed by atoms with E-state index in [-0.39, 0.29) is 35.5 Å². The lowest BCUT2D eigenvalue weighted by atomic mass is 9.95. The highest BCUT2D eigenvalue weighted by atomic mass is 32.2. The van der Waals surface area contributed by atoms with E-state index in [1.54, 1.807) is 36.4 Å². The SMILES string of the molecule is COc1cc(C)c(C)cc1S(=O)(=O)NCCNC(=O)c1ccc(NC(=O)C(C)(C)C)cc1. The third-order valence-electron chi connectivity index (χ3n) is 4.86. The molecule has 0 bridgehead atoms. The number of ether oxygens (including phenoxy) is 1. The van der Waals surface area contributed by atoms with Crippen LogP contribution in [0.4, 0.5) is 5.69 Å². The first-order chi connectivity index (χ1) is 14.8. The van der Waals surface area contributed by atoms with Crippen molar-refractivity contribution in [1.82, 2.24) is 10.0 Å². The van der Waals surface area contributed by atoms with Gasteiger partial charge in [-0.25, -0.2) is 13.1 Å². The third-order valence-corrected chi connectivity index (χ3v) is 6.34. The zero-order valence-corrected chi connectivity index (χ0v) is 20.1. The van der Waals surface area contributed by atoms with E-state index < -0.39 is 15.4 Å². The Balaban J connectivity index is 1.92. The van der Waals surface area contributed by atoms with Gasteiger partial charge < -0.3 is 15.4 Å². The number of hydrogen-bond acceptors (Lipinski definition) is 5. The van der Waals surface area contributed by atoms with E-state index in [4.69, 9.17) is 4.74 Å². The molecule has 0 fully saturated rings. The van der Waals surface area contributed by atoms with Crippen molar-refractivity contribution in [2.24, 2.45) is 5.41 Å². The number of aryl methyl sites for hydroxylation is 2. The Morgan fingerprint density at radius 1 is 0.969 bits per heavy atom. The highest BCUT2D eigenvalue weighted by Gasteiger charge is 2.22. The van der Waals surface area contributed by atoms with Gasteiger partial charge in [0, 0.05) is 29.8 Å². The first-order valence-electron chi connectivity index (χ1n) is 10.2. The summed E-state index contributed by atoms with van der Waals surface area (Å²) >= 11 is 0. The van der Waals surface area contributed by atoms with Gasteiger partial charge in [0.25, 0.3) is 5.91 Å². The second-order valence-corrected chi connectivity index (χ2v) is 10.3. The number of methoxy groups -OCH3 is 1.